The Kier molecular flexibility index (Phi) is 7.35. The summed E-state index contributed by atoms with van der Waals surface area (Å²) in [7, 11) is 0.510. The number of hydrogen-bond donors (Lipinski definition) is 0. The number of piperazine rings is 1. The van der Waals surface area contributed by atoms with E-state index in [1.54, 1.807) is 41.3 Å². The van der Waals surface area contributed by atoms with E-state index in [2.05, 4.69) is 4.90 Å². The summed E-state index contributed by atoms with van der Waals surface area (Å²) >= 11 is 0. The second-order valence-electron chi connectivity index (χ2n) is 8.29. The number of carbonyl (C=O) groups excluding carboxylic acids is 1. The molecule has 10 heteroatoms. The average Bonchev–Trinajstić information content (AvgIpc) is 2.92. The second-order valence-corrected chi connectivity index (χ2v) is 10.3. The van der Waals surface area contributed by atoms with Gasteiger partial charge in [-0.1, -0.05) is 0 Å². The first kappa shape index (κ1) is 25.3. The largest absolute Gasteiger partial charge is 0.493 e. The van der Waals surface area contributed by atoms with Crippen molar-refractivity contribution >= 4 is 27.3 Å². The number of rotatable bonds is 7. The molecule has 0 radical (unpaired) electrons. The summed E-state index contributed by atoms with van der Waals surface area (Å²) in [4.78, 5) is 16.9. The SMILES string of the molecule is COc1ccc(S(=O)(=O)N(C)c2ccc(C(=O)N3CCN(c4ccc(F)cc4)CC3)cc2)cc1OC. The maximum Gasteiger partial charge on any atom is 0.264 e. The van der Waals surface area contributed by atoms with E-state index in [-0.39, 0.29) is 16.6 Å². The second kappa shape index (κ2) is 10.4. The van der Waals surface area contributed by atoms with Crippen molar-refractivity contribution in [2.24, 2.45) is 0 Å². The summed E-state index contributed by atoms with van der Waals surface area (Å²) in [5, 5.41) is 0. The monoisotopic (exact) mass is 513 g/mol. The van der Waals surface area contributed by atoms with Crippen molar-refractivity contribution in [3.63, 3.8) is 0 Å². The number of benzene rings is 3. The zero-order chi connectivity index (χ0) is 25.9. The van der Waals surface area contributed by atoms with Gasteiger partial charge in [-0.3, -0.25) is 9.10 Å². The zero-order valence-electron chi connectivity index (χ0n) is 20.3. The van der Waals surface area contributed by atoms with Gasteiger partial charge in [0, 0.05) is 50.5 Å². The Hall–Kier alpha value is -3.79. The number of halogens is 1. The fourth-order valence-corrected chi connectivity index (χ4v) is 5.30. The van der Waals surface area contributed by atoms with E-state index in [1.165, 1.54) is 51.6 Å². The molecular formula is C26H28FN3O5S. The maximum atomic E-state index is 13.2. The van der Waals surface area contributed by atoms with Gasteiger partial charge in [0.2, 0.25) is 0 Å². The molecule has 0 aromatic heterocycles. The predicted octanol–water partition coefficient (Wildman–Crippen LogP) is 3.63. The van der Waals surface area contributed by atoms with E-state index in [4.69, 9.17) is 9.47 Å². The molecule has 0 aliphatic carbocycles. The van der Waals surface area contributed by atoms with E-state index in [0.717, 1.165) is 9.99 Å². The molecule has 3 aromatic rings. The Bertz CT molecular complexity index is 1320. The third-order valence-electron chi connectivity index (χ3n) is 6.25. The summed E-state index contributed by atoms with van der Waals surface area (Å²) in [5.74, 6) is 0.344. The van der Waals surface area contributed by atoms with Crippen molar-refractivity contribution < 1.29 is 27.1 Å². The molecule has 1 heterocycles. The average molecular weight is 514 g/mol. The molecule has 1 amide bonds. The number of ether oxygens (including phenoxy) is 2. The molecule has 0 saturated carbocycles. The molecule has 1 fully saturated rings. The lowest BCUT2D eigenvalue weighted by Gasteiger charge is -2.36. The van der Waals surface area contributed by atoms with Gasteiger partial charge in [-0.15, -0.1) is 0 Å². The number of anilines is 2. The van der Waals surface area contributed by atoms with Crippen LogP contribution in [0.5, 0.6) is 11.5 Å². The Labute approximate surface area is 210 Å². The van der Waals surface area contributed by atoms with E-state index in [9.17, 15) is 17.6 Å². The molecule has 1 aliphatic rings. The fourth-order valence-electron chi connectivity index (χ4n) is 4.09. The number of nitrogens with zero attached hydrogens (tertiary/aromatic N) is 3. The fraction of sp³-hybridized carbons (Fsp3) is 0.269. The lowest BCUT2D eigenvalue weighted by Crippen LogP contribution is -2.48. The minimum atomic E-state index is -3.86. The minimum absolute atomic E-state index is 0.0572. The number of carbonyl (C=O) groups is 1. The highest BCUT2D eigenvalue weighted by molar-refractivity contribution is 7.92. The number of sulfonamides is 1. The van der Waals surface area contributed by atoms with Crippen molar-refractivity contribution in [2.45, 2.75) is 4.90 Å². The predicted molar refractivity (Wildman–Crippen MR) is 136 cm³/mol. The normalized spacial score (nSPS) is 13.9. The molecule has 0 atom stereocenters. The summed E-state index contributed by atoms with van der Waals surface area (Å²) in [5.41, 5.74) is 1.82. The molecule has 1 saturated heterocycles. The van der Waals surface area contributed by atoms with Gasteiger partial charge in [-0.05, 0) is 60.7 Å². The Morgan fingerprint density at radius 3 is 2.06 bits per heavy atom. The van der Waals surface area contributed by atoms with Gasteiger partial charge in [0.05, 0.1) is 24.8 Å². The molecule has 36 heavy (non-hydrogen) atoms. The summed E-state index contributed by atoms with van der Waals surface area (Å²) in [6.45, 7) is 2.35. The van der Waals surface area contributed by atoms with Crippen LogP contribution in [0.1, 0.15) is 10.4 Å². The topological polar surface area (TPSA) is 79.4 Å². The highest BCUT2D eigenvalue weighted by Crippen LogP contribution is 2.31. The summed E-state index contributed by atoms with van der Waals surface area (Å²) in [6, 6.07) is 17.2. The lowest BCUT2D eigenvalue weighted by molar-refractivity contribution is 0.0747. The lowest BCUT2D eigenvalue weighted by atomic mass is 10.1. The highest BCUT2D eigenvalue weighted by Gasteiger charge is 2.25. The smallest absolute Gasteiger partial charge is 0.264 e. The molecule has 0 spiro atoms. The Balaban J connectivity index is 1.43. The van der Waals surface area contributed by atoms with Crippen molar-refractivity contribution in [1.82, 2.24) is 4.90 Å². The van der Waals surface area contributed by atoms with Crippen LogP contribution in [0.3, 0.4) is 0 Å². The van der Waals surface area contributed by atoms with Crippen molar-refractivity contribution in [1.29, 1.82) is 0 Å². The standard InChI is InChI=1S/C26H28FN3O5S/c1-28(36(32,33)23-12-13-24(34-2)25(18-23)35-3)21-8-4-19(5-9-21)26(31)30-16-14-29(15-17-30)22-10-6-20(27)7-11-22/h4-13,18H,14-17H2,1-3H3. The van der Waals surface area contributed by atoms with E-state index < -0.39 is 10.0 Å². The minimum Gasteiger partial charge on any atom is -0.493 e. The van der Waals surface area contributed by atoms with Gasteiger partial charge in [0.1, 0.15) is 5.82 Å². The first-order valence-electron chi connectivity index (χ1n) is 11.4. The summed E-state index contributed by atoms with van der Waals surface area (Å²) in [6.07, 6.45) is 0. The van der Waals surface area contributed by atoms with Gasteiger partial charge >= 0.3 is 0 Å². The molecule has 0 N–H and O–H groups in total. The molecule has 190 valence electrons. The van der Waals surface area contributed by atoms with Crippen molar-refractivity contribution in [3.05, 3.63) is 78.1 Å². The zero-order valence-corrected chi connectivity index (χ0v) is 21.2. The molecule has 0 bridgehead atoms. The van der Waals surface area contributed by atoms with Crippen LogP contribution in [0.15, 0.2) is 71.6 Å². The molecule has 0 unspecified atom stereocenters. The van der Waals surface area contributed by atoms with Gasteiger partial charge in [-0.2, -0.15) is 0 Å². The van der Waals surface area contributed by atoms with Crippen molar-refractivity contribution in [3.8, 4) is 11.5 Å². The van der Waals surface area contributed by atoms with Crippen LogP contribution in [0, 0.1) is 5.82 Å². The Morgan fingerprint density at radius 2 is 1.47 bits per heavy atom. The number of methoxy groups -OCH3 is 2. The van der Waals surface area contributed by atoms with E-state index in [1.807, 2.05) is 0 Å². The third kappa shape index (κ3) is 5.08. The van der Waals surface area contributed by atoms with Crippen molar-refractivity contribution in [2.75, 3.05) is 56.7 Å². The maximum absolute atomic E-state index is 13.2. The van der Waals surface area contributed by atoms with Crippen LogP contribution in [0.4, 0.5) is 15.8 Å². The van der Waals surface area contributed by atoms with Crippen LogP contribution in [-0.2, 0) is 10.0 Å². The van der Waals surface area contributed by atoms with E-state index >= 15 is 0 Å². The van der Waals surface area contributed by atoms with Crippen LogP contribution in [0.25, 0.3) is 0 Å². The molecular weight excluding hydrogens is 485 g/mol. The Morgan fingerprint density at radius 1 is 0.861 bits per heavy atom. The van der Waals surface area contributed by atoms with Gasteiger partial charge in [0.25, 0.3) is 15.9 Å². The number of amides is 1. The van der Waals surface area contributed by atoms with Gasteiger partial charge < -0.3 is 19.3 Å². The van der Waals surface area contributed by atoms with Crippen LogP contribution < -0.4 is 18.7 Å². The third-order valence-corrected chi connectivity index (χ3v) is 8.03. The highest BCUT2D eigenvalue weighted by atomic mass is 32.2. The van der Waals surface area contributed by atoms with Crippen LogP contribution in [0.2, 0.25) is 0 Å². The molecule has 8 nitrogen and oxygen atoms in total. The first-order valence-corrected chi connectivity index (χ1v) is 12.8. The van der Waals surface area contributed by atoms with Crippen LogP contribution >= 0.6 is 0 Å². The van der Waals surface area contributed by atoms with E-state index in [0.29, 0.717) is 48.9 Å². The molecule has 1 aliphatic heterocycles. The molecule has 3 aromatic carbocycles. The number of hydrogen-bond acceptors (Lipinski definition) is 6. The first-order chi connectivity index (χ1) is 17.2. The van der Waals surface area contributed by atoms with Gasteiger partial charge in [-0.25, -0.2) is 12.8 Å². The quantitative estimate of drug-likeness (QED) is 0.480. The van der Waals surface area contributed by atoms with Crippen LogP contribution in [-0.4, -0.2) is 66.7 Å². The summed E-state index contributed by atoms with van der Waals surface area (Å²) < 4.78 is 51.1. The molecule has 4 rings (SSSR count). The van der Waals surface area contributed by atoms with Gasteiger partial charge in [0.15, 0.2) is 11.5 Å².